The molecule has 0 bridgehead atoms. The van der Waals surface area contributed by atoms with Crippen molar-refractivity contribution in [1.82, 2.24) is 5.32 Å². The molecule has 3 rings (SSSR count). The number of piperazine rings is 1. The van der Waals surface area contributed by atoms with Crippen LogP contribution in [0.2, 0.25) is 0 Å². The number of benzene rings is 1. The third-order valence-electron chi connectivity index (χ3n) is 5.31. The van der Waals surface area contributed by atoms with E-state index >= 15 is 0 Å². The smallest absolute Gasteiger partial charge is 0.275 e. The van der Waals surface area contributed by atoms with Crippen molar-refractivity contribution in [2.24, 2.45) is 5.92 Å². The Morgan fingerprint density at radius 3 is 2.50 bits per heavy atom. The first-order chi connectivity index (χ1) is 11.7. The van der Waals surface area contributed by atoms with Gasteiger partial charge in [0.05, 0.1) is 6.54 Å². The van der Waals surface area contributed by atoms with Crippen LogP contribution in [-0.4, -0.2) is 51.2 Å². The summed E-state index contributed by atoms with van der Waals surface area (Å²) in [5.74, 6) is 0.971. The predicted octanol–water partition coefficient (Wildman–Crippen LogP) is -0.602. The Morgan fingerprint density at radius 1 is 1.17 bits per heavy atom. The molecule has 4 heteroatoms. The number of rotatable bonds is 7. The highest BCUT2D eigenvalue weighted by molar-refractivity contribution is 5.77. The molecule has 1 heterocycles. The topological polar surface area (TPSA) is 38.0 Å². The summed E-state index contributed by atoms with van der Waals surface area (Å²) in [6.45, 7) is 8.36. The van der Waals surface area contributed by atoms with E-state index in [-0.39, 0.29) is 5.91 Å². The zero-order valence-electron chi connectivity index (χ0n) is 14.8. The zero-order chi connectivity index (χ0) is 16.8. The van der Waals surface area contributed by atoms with Crippen molar-refractivity contribution in [2.45, 2.75) is 25.8 Å². The van der Waals surface area contributed by atoms with Crippen molar-refractivity contribution in [3.8, 4) is 0 Å². The number of amides is 1. The van der Waals surface area contributed by atoms with Crippen LogP contribution in [0, 0.1) is 5.92 Å². The van der Waals surface area contributed by atoms with Gasteiger partial charge in [-0.2, -0.15) is 0 Å². The number of hydrogen-bond donors (Lipinski definition) is 3. The number of hydrogen-bond acceptors (Lipinski definition) is 1. The fourth-order valence-corrected chi connectivity index (χ4v) is 3.51. The van der Waals surface area contributed by atoms with Crippen LogP contribution in [0.3, 0.4) is 0 Å². The van der Waals surface area contributed by atoms with Crippen LogP contribution in [0.4, 0.5) is 0 Å². The van der Waals surface area contributed by atoms with E-state index in [4.69, 9.17) is 0 Å². The highest BCUT2D eigenvalue weighted by Gasteiger charge is 2.30. The van der Waals surface area contributed by atoms with Gasteiger partial charge in [0.25, 0.3) is 5.91 Å². The van der Waals surface area contributed by atoms with Crippen LogP contribution < -0.4 is 15.1 Å². The maximum Gasteiger partial charge on any atom is 0.275 e. The van der Waals surface area contributed by atoms with Gasteiger partial charge < -0.3 is 15.1 Å². The summed E-state index contributed by atoms with van der Waals surface area (Å²) in [6, 6.07) is 10.8. The number of quaternary nitrogens is 2. The fourth-order valence-electron chi connectivity index (χ4n) is 3.51. The Kier molecular flexibility index (Phi) is 6.05. The van der Waals surface area contributed by atoms with Gasteiger partial charge in [-0.15, -0.1) is 0 Å². The molecule has 1 aliphatic carbocycles. The van der Waals surface area contributed by atoms with E-state index in [1.54, 1.807) is 4.90 Å². The van der Waals surface area contributed by atoms with E-state index in [2.05, 4.69) is 48.7 Å². The molecule has 3 N–H and O–H groups in total. The van der Waals surface area contributed by atoms with Crippen LogP contribution in [0.1, 0.15) is 25.3 Å². The molecular formula is C20H31N3O+2. The lowest BCUT2D eigenvalue weighted by Crippen LogP contribution is -3.28. The molecule has 2 fully saturated rings. The minimum absolute atomic E-state index is 0.233. The summed E-state index contributed by atoms with van der Waals surface area (Å²) in [4.78, 5) is 15.2. The van der Waals surface area contributed by atoms with E-state index in [1.807, 2.05) is 6.07 Å². The average Bonchev–Trinajstić information content (AvgIpc) is 3.42. The second-order valence-electron chi connectivity index (χ2n) is 7.39. The van der Waals surface area contributed by atoms with Gasteiger partial charge in [-0.25, -0.2) is 0 Å². The van der Waals surface area contributed by atoms with Crippen molar-refractivity contribution in [3.05, 3.63) is 42.0 Å². The van der Waals surface area contributed by atoms with Gasteiger partial charge in [0, 0.05) is 6.04 Å². The van der Waals surface area contributed by atoms with Crippen molar-refractivity contribution in [2.75, 3.05) is 39.3 Å². The summed E-state index contributed by atoms with van der Waals surface area (Å²) in [7, 11) is 0. The molecule has 0 radical (unpaired) electrons. The first kappa shape index (κ1) is 17.2. The molecule has 1 saturated carbocycles. The summed E-state index contributed by atoms with van der Waals surface area (Å²) in [6.07, 6.45) is 7.05. The molecule has 1 saturated heterocycles. The molecule has 24 heavy (non-hydrogen) atoms. The van der Waals surface area contributed by atoms with Crippen molar-refractivity contribution in [3.63, 3.8) is 0 Å². The third kappa shape index (κ3) is 5.46. The van der Waals surface area contributed by atoms with E-state index in [0.29, 0.717) is 12.6 Å². The molecule has 4 nitrogen and oxygen atoms in total. The molecule has 1 aromatic rings. The second-order valence-corrected chi connectivity index (χ2v) is 7.39. The molecule has 1 amide bonds. The molecule has 2 aliphatic rings. The summed E-state index contributed by atoms with van der Waals surface area (Å²) >= 11 is 0. The van der Waals surface area contributed by atoms with Gasteiger partial charge in [-0.1, -0.05) is 36.4 Å². The Hall–Kier alpha value is -1.65. The lowest BCUT2D eigenvalue weighted by molar-refractivity contribution is -1.01. The fraction of sp³-hybridized carbons (Fsp3) is 0.550. The molecule has 1 aliphatic heterocycles. The van der Waals surface area contributed by atoms with Gasteiger partial charge in [0.15, 0.2) is 6.54 Å². The van der Waals surface area contributed by atoms with Crippen LogP contribution in [0.15, 0.2) is 36.4 Å². The van der Waals surface area contributed by atoms with E-state index in [9.17, 15) is 4.79 Å². The normalized spacial score (nSPS) is 25.5. The lowest BCUT2D eigenvalue weighted by atomic mass is 10.2. The summed E-state index contributed by atoms with van der Waals surface area (Å²) in [5.41, 5.74) is 1.27. The SMILES string of the molecule is C[C@@H](NC(=O)C[NH+]1CC[NH+](C/C=C/c2ccccc2)CC1)C1CC1. The summed E-state index contributed by atoms with van der Waals surface area (Å²) < 4.78 is 0. The summed E-state index contributed by atoms with van der Waals surface area (Å²) in [5, 5.41) is 3.18. The van der Waals surface area contributed by atoms with Crippen molar-refractivity contribution < 1.29 is 14.6 Å². The van der Waals surface area contributed by atoms with Crippen molar-refractivity contribution >= 4 is 12.0 Å². The zero-order valence-corrected chi connectivity index (χ0v) is 14.8. The predicted molar refractivity (Wildman–Crippen MR) is 96.9 cm³/mol. The van der Waals surface area contributed by atoms with Crippen molar-refractivity contribution in [1.29, 1.82) is 0 Å². The Labute approximate surface area is 145 Å². The lowest BCUT2D eigenvalue weighted by Gasteiger charge is -2.29. The largest absolute Gasteiger partial charge is 0.348 e. The first-order valence-corrected chi connectivity index (χ1v) is 9.39. The Morgan fingerprint density at radius 2 is 1.83 bits per heavy atom. The highest BCUT2D eigenvalue weighted by atomic mass is 16.2. The van der Waals surface area contributed by atoms with Gasteiger partial charge in [-0.3, -0.25) is 4.79 Å². The molecule has 0 aromatic heterocycles. The molecule has 1 atom stereocenters. The number of carbonyl (C=O) groups excluding carboxylic acids is 1. The monoisotopic (exact) mass is 329 g/mol. The van der Waals surface area contributed by atoms with Crippen LogP contribution >= 0.6 is 0 Å². The molecule has 130 valence electrons. The van der Waals surface area contributed by atoms with E-state index < -0.39 is 0 Å². The van der Waals surface area contributed by atoms with Gasteiger partial charge >= 0.3 is 0 Å². The quantitative estimate of drug-likeness (QED) is 0.614. The maximum absolute atomic E-state index is 12.1. The van der Waals surface area contributed by atoms with Gasteiger partial charge in [-0.05, 0) is 37.3 Å². The minimum atomic E-state index is 0.233. The minimum Gasteiger partial charge on any atom is -0.348 e. The molecular weight excluding hydrogens is 298 g/mol. The molecule has 1 aromatic carbocycles. The highest BCUT2D eigenvalue weighted by Crippen LogP contribution is 2.32. The Balaban J connectivity index is 1.33. The molecule has 0 spiro atoms. The third-order valence-corrected chi connectivity index (χ3v) is 5.31. The Bertz CT molecular complexity index is 545. The van der Waals surface area contributed by atoms with E-state index in [1.165, 1.54) is 23.3 Å². The molecule has 0 unspecified atom stereocenters. The average molecular weight is 329 g/mol. The number of carbonyl (C=O) groups is 1. The second kappa shape index (κ2) is 8.45. The van der Waals surface area contributed by atoms with Gasteiger partial charge in [0.2, 0.25) is 0 Å². The number of nitrogens with one attached hydrogen (secondary N) is 3. The first-order valence-electron chi connectivity index (χ1n) is 9.39. The van der Waals surface area contributed by atoms with E-state index in [0.717, 1.165) is 38.6 Å². The van der Waals surface area contributed by atoms with Gasteiger partial charge in [0.1, 0.15) is 26.2 Å². The van der Waals surface area contributed by atoms with Crippen LogP contribution in [0.25, 0.3) is 6.08 Å². The standard InChI is InChI=1S/C20H29N3O/c1-17(19-9-10-19)21-20(24)16-23-14-12-22(13-15-23)11-5-8-18-6-3-2-4-7-18/h2-8,17,19H,9-16H2,1H3,(H,21,24)/p+2/b8-5+/t17-/m1/s1. The van der Waals surface area contributed by atoms with Crippen LogP contribution in [-0.2, 0) is 4.79 Å². The van der Waals surface area contributed by atoms with Crippen LogP contribution in [0.5, 0.6) is 0 Å². The maximum atomic E-state index is 12.1.